The lowest BCUT2D eigenvalue weighted by molar-refractivity contribution is -0.271. The summed E-state index contributed by atoms with van der Waals surface area (Å²) >= 11 is 0. The van der Waals surface area contributed by atoms with Gasteiger partial charge in [-0.2, -0.15) is 0 Å². The largest absolute Gasteiger partial charge is 0.507 e. The summed E-state index contributed by atoms with van der Waals surface area (Å²) in [5, 5.41) is 69.8. The third-order valence-electron chi connectivity index (χ3n) is 5.67. The van der Waals surface area contributed by atoms with Crippen molar-refractivity contribution in [2.24, 2.45) is 0 Å². The zero-order valence-corrected chi connectivity index (χ0v) is 19.3. The molecule has 4 rings (SSSR count). The number of fused-ring (bicyclic) bond motifs is 1. The minimum atomic E-state index is -1.93. The highest BCUT2D eigenvalue weighted by atomic mass is 16.7. The van der Waals surface area contributed by atoms with Gasteiger partial charge in [-0.3, -0.25) is 4.79 Å². The number of aliphatic hydroxyl groups is 3. The Labute approximate surface area is 207 Å². The van der Waals surface area contributed by atoms with Gasteiger partial charge in [0.25, 0.3) is 0 Å². The van der Waals surface area contributed by atoms with Crippen molar-refractivity contribution < 1.29 is 59.2 Å². The quantitative estimate of drug-likeness (QED) is 0.228. The van der Waals surface area contributed by atoms with Crippen molar-refractivity contribution in [1.29, 1.82) is 0 Å². The number of hydrogen-bond acceptors (Lipinski definition) is 12. The van der Waals surface area contributed by atoms with Crippen LogP contribution in [0.5, 0.6) is 28.7 Å². The molecule has 1 aliphatic heterocycles. The summed E-state index contributed by atoms with van der Waals surface area (Å²) in [4.78, 5) is 24.1. The number of carbonyl (C=O) groups is 1. The first-order valence-electron chi connectivity index (χ1n) is 11.1. The summed E-state index contributed by atoms with van der Waals surface area (Å²) in [6, 6.07) is 6.08. The highest BCUT2D eigenvalue weighted by molar-refractivity contribution is 5.88. The molecule has 13 nitrogen and oxygen atoms in total. The summed E-state index contributed by atoms with van der Waals surface area (Å²) in [6.07, 6.45) is -8.73. The van der Waals surface area contributed by atoms with Crippen LogP contribution in [0, 0.1) is 0 Å². The molecule has 1 fully saturated rings. The van der Waals surface area contributed by atoms with Crippen LogP contribution >= 0.6 is 0 Å². The highest BCUT2D eigenvalue weighted by Gasteiger charge is 2.48. The van der Waals surface area contributed by atoms with E-state index in [2.05, 4.69) is 0 Å². The second kappa shape index (κ2) is 10.1. The molecule has 0 radical (unpaired) electrons. The average molecular weight is 520 g/mol. The lowest BCUT2D eigenvalue weighted by atomic mass is 9.99. The maximum absolute atomic E-state index is 12.8. The first-order chi connectivity index (χ1) is 17.5. The van der Waals surface area contributed by atoms with Crippen LogP contribution in [0.25, 0.3) is 22.3 Å². The smallest absolute Gasteiger partial charge is 0.335 e. The Hall–Kier alpha value is -4.04. The van der Waals surface area contributed by atoms with E-state index in [1.807, 2.05) is 6.92 Å². The maximum atomic E-state index is 12.8. The van der Waals surface area contributed by atoms with Crippen molar-refractivity contribution >= 4 is 16.9 Å². The number of benzene rings is 2. The summed E-state index contributed by atoms with van der Waals surface area (Å²) in [7, 11) is 0. The number of carboxylic acid groups (broad SMARTS) is 1. The average Bonchev–Trinajstić information content (AvgIpc) is 2.85. The number of phenolic OH excluding ortho intramolecular Hbond substituents is 2. The van der Waals surface area contributed by atoms with E-state index in [0.29, 0.717) is 13.0 Å². The second-order valence-electron chi connectivity index (χ2n) is 8.31. The van der Waals surface area contributed by atoms with E-state index >= 15 is 0 Å². The van der Waals surface area contributed by atoms with E-state index in [9.17, 15) is 45.3 Å². The molecule has 0 aliphatic carbocycles. The second-order valence-corrected chi connectivity index (χ2v) is 8.31. The van der Waals surface area contributed by atoms with Crippen molar-refractivity contribution in [3.8, 4) is 40.1 Å². The zero-order valence-electron chi connectivity index (χ0n) is 19.3. The molecule has 2 aromatic carbocycles. The Morgan fingerprint density at radius 2 is 1.73 bits per heavy atom. The van der Waals surface area contributed by atoms with Gasteiger partial charge >= 0.3 is 5.97 Å². The molecule has 0 saturated carbocycles. The van der Waals surface area contributed by atoms with E-state index in [0.717, 1.165) is 12.1 Å². The molecule has 1 aliphatic rings. The topological polar surface area (TPSA) is 217 Å². The standard InChI is InChI=1S/C24H24O13/c1-2-5-34-13-4-3-9(6-11(13)25)21-18(29)16(27)15-12(26)7-10(8-14(15)36-21)35-24-20(31)17(28)19(30)22(37-24)23(32)33/h3-4,6-8,17,19-20,22,24-26,28-31H,2,5H2,1H3,(H,32,33). The summed E-state index contributed by atoms with van der Waals surface area (Å²) in [5.74, 6) is -3.85. The number of aliphatic carboxylic acids is 1. The molecule has 2 heterocycles. The predicted molar refractivity (Wildman–Crippen MR) is 124 cm³/mol. The molecular weight excluding hydrogens is 496 g/mol. The van der Waals surface area contributed by atoms with E-state index < -0.39 is 59.0 Å². The molecule has 5 atom stereocenters. The molecule has 7 N–H and O–H groups in total. The van der Waals surface area contributed by atoms with Gasteiger partial charge in [-0.25, -0.2) is 4.79 Å². The fourth-order valence-electron chi connectivity index (χ4n) is 3.80. The van der Waals surface area contributed by atoms with Crippen molar-refractivity contribution in [2.45, 2.75) is 44.1 Å². The molecule has 3 aromatic rings. The predicted octanol–water partition coefficient (Wildman–Crippen LogP) is 0.637. The van der Waals surface area contributed by atoms with Gasteiger partial charge in [-0.15, -0.1) is 0 Å². The molecule has 1 saturated heterocycles. The molecule has 0 bridgehead atoms. The Kier molecular flexibility index (Phi) is 7.14. The van der Waals surface area contributed by atoms with Gasteiger partial charge in [0.15, 0.2) is 23.4 Å². The summed E-state index contributed by atoms with van der Waals surface area (Å²) < 4.78 is 21.5. The number of carboxylic acids is 1. The highest BCUT2D eigenvalue weighted by Crippen LogP contribution is 2.39. The minimum Gasteiger partial charge on any atom is -0.507 e. The van der Waals surface area contributed by atoms with Gasteiger partial charge in [0.1, 0.15) is 40.8 Å². The number of phenols is 2. The van der Waals surface area contributed by atoms with Crippen molar-refractivity contribution in [3.05, 3.63) is 40.6 Å². The molecule has 198 valence electrons. The Morgan fingerprint density at radius 1 is 1.00 bits per heavy atom. The number of aliphatic hydroxyl groups excluding tert-OH is 3. The van der Waals surface area contributed by atoms with E-state index in [4.69, 9.17) is 18.6 Å². The minimum absolute atomic E-state index is 0.108. The van der Waals surface area contributed by atoms with Gasteiger partial charge in [0.05, 0.1) is 6.61 Å². The van der Waals surface area contributed by atoms with Crippen LogP contribution in [0.4, 0.5) is 0 Å². The molecule has 5 unspecified atom stereocenters. The van der Waals surface area contributed by atoms with Crippen LogP contribution in [-0.2, 0) is 9.53 Å². The molecule has 37 heavy (non-hydrogen) atoms. The number of rotatable bonds is 7. The fourth-order valence-corrected chi connectivity index (χ4v) is 3.80. The molecule has 0 spiro atoms. The SMILES string of the molecule is CCCOc1ccc(-c2oc3cc(OC4OC(C(=O)O)C(O)C(O)C4O)cc(O)c3c(=O)c2O)cc1O. The normalized spacial score (nSPS) is 23.6. The third-order valence-corrected chi connectivity index (χ3v) is 5.67. The van der Waals surface area contributed by atoms with Gasteiger partial charge in [0.2, 0.25) is 17.5 Å². The van der Waals surface area contributed by atoms with Gasteiger partial charge in [0, 0.05) is 17.7 Å². The summed E-state index contributed by atoms with van der Waals surface area (Å²) in [5.41, 5.74) is -1.17. The van der Waals surface area contributed by atoms with Crippen LogP contribution < -0.4 is 14.9 Å². The van der Waals surface area contributed by atoms with Crippen LogP contribution in [0.2, 0.25) is 0 Å². The molecule has 0 amide bonds. The van der Waals surface area contributed by atoms with Crippen LogP contribution in [0.1, 0.15) is 13.3 Å². The van der Waals surface area contributed by atoms with Crippen LogP contribution in [-0.4, -0.2) is 79.0 Å². The van der Waals surface area contributed by atoms with Crippen molar-refractivity contribution in [1.82, 2.24) is 0 Å². The number of ether oxygens (including phenoxy) is 3. The van der Waals surface area contributed by atoms with Gasteiger partial charge in [-0.1, -0.05) is 6.92 Å². The monoisotopic (exact) mass is 520 g/mol. The number of aromatic hydroxyl groups is 3. The third kappa shape index (κ3) is 4.84. The first kappa shape index (κ1) is 26.0. The lowest BCUT2D eigenvalue weighted by Crippen LogP contribution is -2.61. The van der Waals surface area contributed by atoms with E-state index in [1.54, 1.807) is 0 Å². The van der Waals surface area contributed by atoms with Gasteiger partial charge < -0.3 is 54.4 Å². The van der Waals surface area contributed by atoms with E-state index in [-0.39, 0.29) is 34.2 Å². The molecule has 13 heteroatoms. The van der Waals surface area contributed by atoms with Crippen LogP contribution in [0.3, 0.4) is 0 Å². The molecule has 1 aromatic heterocycles. The van der Waals surface area contributed by atoms with Gasteiger partial charge in [-0.05, 0) is 24.6 Å². The summed E-state index contributed by atoms with van der Waals surface area (Å²) in [6.45, 7) is 2.24. The number of hydrogen-bond donors (Lipinski definition) is 7. The Morgan fingerprint density at radius 3 is 2.38 bits per heavy atom. The zero-order chi connectivity index (χ0) is 27.0. The van der Waals surface area contributed by atoms with E-state index in [1.165, 1.54) is 18.2 Å². The van der Waals surface area contributed by atoms with Crippen LogP contribution in [0.15, 0.2) is 39.5 Å². The first-order valence-corrected chi connectivity index (χ1v) is 11.1. The maximum Gasteiger partial charge on any atom is 0.335 e. The Balaban J connectivity index is 1.73. The van der Waals surface area contributed by atoms with Crippen molar-refractivity contribution in [3.63, 3.8) is 0 Å². The Bertz CT molecular complexity index is 1380. The van der Waals surface area contributed by atoms with Crippen molar-refractivity contribution in [2.75, 3.05) is 6.61 Å². The lowest BCUT2D eigenvalue weighted by Gasteiger charge is -2.38. The fraction of sp³-hybridized carbons (Fsp3) is 0.333. The molecular formula is C24H24O13.